The summed E-state index contributed by atoms with van der Waals surface area (Å²) in [6, 6.07) is 6.33. The van der Waals surface area contributed by atoms with Gasteiger partial charge in [0, 0.05) is 0 Å². The number of ketones is 1. The summed E-state index contributed by atoms with van der Waals surface area (Å²) in [6.07, 6.45) is 0. The number of benzene rings is 1. The lowest BCUT2D eigenvalue weighted by Crippen LogP contribution is -1.99. The average molecular weight is 171 g/mol. The fourth-order valence-electron chi connectivity index (χ4n) is 0.781. The first kappa shape index (κ1) is 8.08. The van der Waals surface area contributed by atoms with E-state index in [1.54, 1.807) is 18.2 Å². The quantitative estimate of drug-likeness (QED) is 0.543. The Balaban J connectivity index is 3.03. The molecule has 1 N–H and O–H groups in total. The van der Waals surface area contributed by atoms with Gasteiger partial charge >= 0.3 is 0 Å². The van der Waals surface area contributed by atoms with Crippen molar-refractivity contribution < 1.29 is 9.90 Å². The predicted molar refractivity (Wildman–Crippen MR) is 43.2 cm³/mol. The summed E-state index contributed by atoms with van der Waals surface area (Å²) in [5, 5.41) is 9.13. The average Bonchev–Trinajstić information content (AvgIpc) is 2.04. The van der Waals surface area contributed by atoms with Gasteiger partial charge in [-0.1, -0.05) is 12.1 Å². The Morgan fingerprint density at radius 3 is 2.64 bits per heavy atom. The zero-order valence-electron chi connectivity index (χ0n) is 5.75. The molecule has 0 radical (unpaired) electrons. The summed E-state index contributed by atoms with van der Waals surface area (Å²) in [5.74, 6) is -0.375. The zero-order chi connectivity index (χ0) is 8.27. The van der Waals surface area contributed by atoms with E-state index in [-0.39, 0.29) is 23.0 Å². The standard InChI is InChI=1S/C8H7ClO2/c9-5-8(11)6-3-1-2-4-7(6)10/h1-4,10H,5H2. The van der Waals surface area contributed by atoms with Crippen LogP contribution in [-0.4, -0.2) is 16.8 Å². The molecule has 0 saturated carbocycles. The fourth-order valence-corrected chi connectivity index (χ4v) is 0.925. The third kappa shape index (κ3) is 1.71. The molecule has 0 amide bonds. The van der Waals surface area contributed by atoms with E-state index in [2.05, 4.69) is 0 Å². The molecule has 0 saturated heterocycles. The number of para-hydroxylation sites is 1. The van der Waals surface area contributed by atoms with Crippen LogP contribution in [0, 0.1) is 0 Å². The number of aromatic hydroxyl groups is 1. The smallest absolute Gasteiger partial charge is 0.181 e. The highest BCUT2D eigenvalue weighted by molar-refractivity contribution is 6.30. The van der Waals surface area contributed by atoms with E-state index in [0.717, 1.165) is 0 Å². The van der Waals surface area contributed by atoms with Crippen LogP contribution in [-0.2, 0) is 0 Å². The SMILES string of the molecule is O=C(CCl)c1ccccc1O. The Morgan fingerprint density at radius 2 is 2.09 bits per heavy atom. The molecular formula is C8H7ClO2. The number of alkyl halides is 1. The van der Waals surface area contributed by atoms with Crippen LogP contribution in [0.15, 0.2) is 24.3 Å². The van der Waals surface area contributed by atoms with Crippen LogP contribution >= 0.6 is 11.6 Å². The highest BCUT2D eigenvalue weighted by Gasteiger charge is 2.07. The molecule has 3 heteroatoms. The first-order valence-corrected chi connectivity index (χ1v) is 3.66. The second-order valence-corrected chi connectivity index (χ2v) is 2.34. The van der Waals surface area contributed by atoms with E-state index < -0.39 is 0 Å². The van der Waals surface area contributed by atoms with E-state index in [1.807, 2.05) is 0 Å². The van der Waals surface area contributed by atoms with Gasteiger partial charge in [-0.2, -0.15) is 0 Å². The number of hydrogen-bond acceptors (Lipinski definition) is 2. The van der Waals surface area contributed by atoms with Gasteiger partial charge in [-0.25, -0.2) is 0 Å². The van der Waals surface area contributed by atoms with E-state index in [4.69, 9.17) is 16.7 Å². The molecule has 0 aliphatic rings. The van der Waals surface area contributed by atoms with Gasteiger partial charge in [0.15, 0.2) is 5.78 Å². The zero-order valence-corrected chi connectivity index (χ0v) is 6.51. The Labute approximate surface area is 69.4 Å². The number of phenolic OH excluding ortho intramolecular Hbond substituents is 1. The molecule has 1 aromatic carbocycles. The van der Waals surface area contributed by atoms with Gasteiger partial charge < -0.3 is 5.11 Å². The minimum Gasteiger partial charge on any atom is -0.507 e. The molecule has 0 aromatic heterocycles. The topological polar surface area (TPSA) is 37.3 Å². The van der Waals surface area contributed by atoms with Crippen LogP contribution in [0.3, 0.4) is 0 Å². The normalized spacial score (nSPS) is 9.55. The number of Topliss-reactive ketones (excluding diaryl/α,β-unsaturated/α-hetero) is 1. The third-order valence-corrected chi connectivity index (χ3v) is 1.57. The fraction of sp³-hybridized carbons (Fsp3) is 0.125. The van der Waals surface area contributed by atoms with Crippen molar-refractivity contribution in [2.24, 2.45) is 0 Å². The Morgan fingerprint density at radius 1 is 1.45 bits per heavy atom. The third-order valence-electron chi connectivity index (χ3n) is 1.33. The van der Waals surface area contributed by atoms with E-state index in [9.17, 15) is 4.79 Å². The summed E-state index contributed by atoms with van der Waals surface area (Å²) < 4.78 is 0. The predicted octanol–water partition coefficient (Wildman–Crippen LogP) is 1.81. The first-order valence-electron chi connectivity index (χ1n) is 3.13. The summed E-state index contributed by atoms with van der Waals surface area (Å²) >= 11 is 5.30. The van der Waals surface area contributed by atoms with E-state index in [1.165, 1.54) is 6.07 Å². The molecule has 0 spiro atoms. The van der Waals surface area contributed by atoms with Crippen LogP contribution in [0.5, 0.6) is 5.75 Å². The molecule has 0 fully saturated rings. The molecule has 0 aliphatic carbocycles. The molecule has 0 aliphatic heterocycles. The van der Waals surface area contributed by atoms with E-state index in [0.29, 0.717) is 0 Å². The highest BCUT2D eigenvalue weighted by atomic mass is 35.5. The van der Waals surface area contributed by atoms with E-state index >= 15 is 0 Å². The second-order valence-electron chi connectivity index (χ2n) is 2.07. The number of halogens is 1. The van der Waals surface area contributed by atoms with Gasteiger partial charge in [0.25, 0.3) is 0 Å². The summed E-state index contributed by atoms with van der Waals surface area (Å²) in [5.41, 5.74) is 0.280. The minimum atomic E-state index is -0.259. The molecule has 1 aromatic rings. The van der Waals surface area contributed by atoms with Gasteiger partial charge in [0.05, 0.1) is 11.4 Å². The van der Waals surface area contributed by atoms with Crippen molar-refractivity contribution in [1.29, 1.82) is 0 Å². The molecule has 58 valence electrons. The molecule has 0 heterocycles. The van der Waals surface area contributed by atoms with Crippen molar-refractivity contribution in [3.05, 3.63) is 29.8 Å². The van der Waals surface area contributed by atoms with Gasteiger partial charge in [0.2, 0.25) is 0 Å². The monoisotopic (exact) mass is 170 g/mol. The first-order chi connectivity index (χ1) is 5.25. The lowest BCUT2D eigenvalue weighted by molar-refractivity contribution is 0.101. The Bertz CT molecular complexity index is 271. The van der Waals surface area contributed by atoms with Gasteiger partial charge in [-0.3, -0.25) is 4.79 Å². The lowest BCUT2D eigenvalue weighted by atomic mass is 10.1. The largest absolute Gasteiger partial charge is 0.507 e. The molecule has 1 rings (SSSR count). The van der Waals surface area contributed by atoms with Crippen molar-refractivity contribution in [3.63, 3.8) is 0 Å². The lowest BCUT2D eigenvalue weighted by Gasteiger charge is -1.98. The molecule has 0 unspecified atom stereocenters. The van der Waals surface area contributed by atoms with Crippen molar-refractivity contribution >= 4 is 17.4 Å². The van der Waals surface area contributed by atoms with Crippen molar-refractivity contribution in [1.82, 2.24) is 0 Å². The molecular weight excluding hydrogens is 164 g/mol. The maximum absolute atomic E-state index is 10.9. The number of hydrogen-bond donors (Lipinski definition) is 1. The molecule has 2 nitrogen and oxygen atoms in total. The van der Waals surface area contributed by atoms with Crippen LogP contribution in [0.1, 0.15) is 10.4 Å². The maximum atomic E-state index is 10.9. The maximum Gasteiger partial charge on any atom is 0.181 e. The Kier molecular flexibility index (Phi) is 2.49. The van der Waals surface area contributed by atoms with Gasteiger partial charge in [0.1, 0.15) is 5.75 Å². The number of carbonyl (C=O) groups excluding carboxylic acids is 1. The molecule has 0 bridgehead atoms. The molecule has 11 heavy (non-hydrogen) atoms. The van der Waals surface area contributed by atoms with Gasteiger partial charge in [-0.05, 0) is 12.1 Å². The summed E-state index contributed by atoms with van der Waals surface area (Å²) in [7, 11) is 0. The van der Waals surface area contributed by atoms with Crippen molar-refractivity contribution in [3.8, 4) is 5.75 Å². The number of carbonyl (C=O) groups is 1. The van der Waals surface area contributed by atoms with Crippen LogP contribution in [0.4, 0.5) is 0 Å². The second kappa shape index (κ2) is 3.39. The van der Waals surface area contributed by atoms with Crippen LogP contribution in [0.2, 0.25) is 0 Å². The molecule has 0 atom stereocenters. The number of phenols is 1. The van der Waals surface area contributed by atoms with Crippen molar-refractivity contribution in [2.45, 2.75) is 0 Å². The van der Waals surface area contributed by atoms with Crippen LogP contribution in [0.25, 0.3) is 0 Å². The highest BCUT2D eigenvalue weighted by Crippen LogP contribution is 2.16. The van der Waals surface area contributed by atoms with Gasteiger partial charge in [-0.15, -0.1) is 11.6 Å². The Hall–Kier alpha value is -1.02. The summed E-state index contributed by atoms with van der Waals surface area (Å²) in [4.78, 5) is 10.9. The van der Waals surface area contributed by atoms with Crippen LogP contribution < -0.4 is 0 Å². The minimum absolute atomic E-state index is 0.0156. The number of rotatable bonds is 2. The van der Waals surface area contributed by atoms with Crippen molar-refractivity contribution in [2.75, 3.05) is 5.88 Å². The summed E-state index contributed by atoms with van der Waals surface area (Å²) in [6.45, 7) is 0.